The van der Waals surface area contributed by atoms with Crippen molar-refractivity contribution < 1.29 is 9.53 Å². The SMILES string of the molecule is CN=C(NCCCCCCC(=O)OC)NCC1CCCN(C)C1c1cccc(Cl)c1. The summed E-state index contributed by atoms with van der Waals surface area (Å²) in [5.41, 5.74) is 1.28. The van der Waals surface area contributed by atoms with Crippen LogP contribution in [0.1, 0.15) is 56.6 Å². The largest absolute Gasteiger partial charge is 0.469 e. The van der Waals surface area contributed by atoms with E-state index in [0.29, 0.717) is 18.4 Å². The smallest absolute Gasteiger partial charge is 0.305 e. The summed E-state index contributed by atoms with van der Waals surface area (Å²) in [5.74, 6) is 1.23. The zero-order valence-electron chi connectivity index (χ0n) is 18.6. The van der Waals surface area contributed by atoms with Gasteiger partial charge in [0.05, 0.1) is 7.11 Å². The van der Waals surface area contributed by atoms with Crippen LogP contribution >= 0.6 is 11.6 Å². The molecule has 6 nitrogen and oxygen atoms in total. The molecule has 1 aliphatic heterocycles. The van der Waals surface area contributed by atoms with Gasteiger partial charge in [0.1, 0.15) is 0 Å². The third-order valence-electron chi connectivity index (χ3n) is 5.78. The molecule has 0 aromatic heterocycles. The molecule has 7 heteroatoms. The number of hydrogen-bond donors (Lipinski definition) is 2. The van der Waals surface area contributed by atoms with Gasteiger partial charge in [-0.25, -0.2) is 0 Å². The van der Waals surface area contributed by atoms with Gasteiger partial charge in [-0.1, -0.05) is 36.6 Å². The fraction of sp³-hybridized carbons (Fsp3) is 0.652. The maximum absolute atomic E-state index is 11.1. The van der Waals surface area contributed by atoms with E-state index in [1.807, 2.05) is 19.2 Å². The molecule has 2 N–H and O–H groups in total. The Morgan fingerprint density at radius 2 is 2.07 bits per heavy atom. The van der Waals surface area contributed by atoms with Crippen LogP contribution in [0, 0.1) is 5.92 Å². The minimum atomic E-state index is -0.123. The summed E-state index contributed by atoms with van der Waals surface area (Å²) < 4.78 is 4.66. The van der Waals surface area contributed by atoms with Crippen LogP contribution < -0.4 is 10.6 Å². The van der Waals surface area contributed by atoms with E-state index in [1.165, 1.54) is 25.5 Å². The van der Waals surface area contributed by atoms with Crippen LogP contribution in [0.15, 0.2) is 29.3 Å². The van der Waals surface area contributed by atoms with Crippen molar-refractivity contribution in [1.29, 1.82) is 0 Å². The standard InChI is InChI=1S/C23H37ClN4O2/c1-25-23(26-14-7-5-4-6-13-21(29)30-3)27-17-19-11-9-15-28(2)22(19)18-10-8-12-20(24)16-18/h8,10,12,16,19,22H,4-7,9,11,13-15,17H2,1-3H3,(H2,25,26,27). The van der Waals surface area contributed by atoms with E-state index in [9.17, 15) is 4.79 Å². The number of unbranched alkanes of at least 4 members (excludes halogenated alkanes) is 3. The Morgan fingerprint density at radius 3 is 2.80 bits per heavy atom. The number of likely N-dealkylation sites (tertiary alicyclic amines) is 1. The van der Waals surface area contributed by atoms with Gasteiger partial charge in [0, 0.05) is 37.6 Å². The number of nitrogens with zero attached hydrogens (tertiary/aromatic N) is 2. The molecule has 2 atom stereocenters. The number of carbonyl (C=O) groups excluding carboxylic acids is 1. The van der Waals surface area contributed by atoms with Crippen LogP contribution in [-0.4, -0.2) is 57.7 Å². The molecule has 2 rings (SSSR count). The molecule has 1 saturated heterocycles. The molecule has 0 radical (unpaired) electrons. The predicted octanol–water partition coefficient (Wildman–Crippen LogP) is 4.01. The summed E-state index contributed by atoms with van der Waals surface area (Å²) in [6.45, 7) is 2.86. The molecule has 1 heterocycles. The number of guanidine groups is 1. The second-order valence-corrected chi connectivity index (χ2v) is 8.44. The van der Waals surface area contributed by atoms with Gasteiger partial charge in [0.15, 0.2) is 5.96 Å². The normalized spacial score (nSPS) is 20.1. The Labute approximate surface area is 186 Å². The van der Waals surface area contributed by atoms with Gasteiger partial charge in [-0.2, -0.15) is 0 Å². The average molecular weight is 437 g/mol. The third-order valence-corrected chi connectivity index (χ3v) is 6.02. The topological polar surface area (TPSA) is 66.0 Å². The highest BCUT2D eigenvalue weighted by molar-refractivity contribution is 6.30. The third kappa shape index (κ3) is 8.15. The molecule has 1 aromatic rings. The highest BCUT2D eigenvalue weighted by Gasteiger charge is 2.30. The average Bonchev–Trinajstić information content (AvgIpc) is 2.74. The lowest BCUT2D eigenvalue weighted by molar-refractivity contribution is -0.140. The molecule has 2 unspecified atom stereocenters. The number of benzene rings is 1. The van der Waals surface area contributed by atoms with Gasteiger partial charge in [-0.05, 0) is 62.9 Å². The number of aliphatic imine (C=N–C) groups is 1. The minimum absolute atomic E-state index is 0.123. The van der Waals surface area contributed by atoms with Gasteiger partial charge < -0.3 is 15.4 Å². The molecule has 168 valence electrons. The van der Waals surface area contributed by atoms with Crippen molar-refractivity contribution in [2.45, 2.75) is 51.0 Å². The summed E-state index contributed by atoms with van der Waals surface area (Å²) in [7, 11) is 5.45. The first kappa shape index (κ1) is 24.5. The van der Waals surface area contributed by atoms with Crippen molar-refractivity contribution >= 4 is 23.5 Å². The molecule has 1 fully saturated rings. The summed E-state index contributed by atoms with van der Waals surface area (Å²) in [4.78, 5) is 17.9. The zero-order valence-corrected chi connectivity index (χ0v) is 19.4. The number of methoxy groups -OCH3 is 1. The van der Waals surface area contributed by atoms with Gasteiger partial charge in [-0.3, -0.25) is 14.7 Å². The highest BCUT2D eigenvalue weighted by Crippen LogP contribution is 2.35. The lowest BCUT2D eigenvalue weighted by Gasteiger charge is -2.40. The maximum Gasteiger partial charge on any atom is 0.305 e. The molecule has 0 aliphatic carbocycles. The summed E-state index contributed by atoms with van der Waals surface area (Å²) in [6.07, 6.45) is 6.97. The molecule has 1 aromatic carbocycles. The molecule has 30 heavy (non-hydrogen) atoms. The Bertz CT molecular complexity index is 683. The van der Waals surface area contributed by atoms with Crippen LogP contribution in [0.4, 0.5) is 0 Å². The van der Waals surface area contributed by atoms with E-state index < -0.39 is 0 Å². The minimum Gasteiger partial charge on any atom is -0.469 e. The Kier molecular flexibility index (Phi) is 11.0. The van der Waals surface area contributed by atoms with Crippen LogP contribution in [0.3, 0.4) is 0 Å². The lowest BCUT2D eigenvalue weighted by Crippen LogP contribution is -2.45. The number of esters is 1. The monoisotopic (exact) mass is 436 g/mol. The number of nitrogens with one attached hydrogen (secondary N) is 2. The van der Waals surface area contributed by atoms with Crippen LogP contribution in [0.5, 0.6) is 0 Å². The van der Waals surface area contributed by atoms with Gasteiger partial charge >= 0.3 is 5.97 Å². The predicted molar refractivity (Wildman–Crippen MR) is 124 cm³/mol. The molecule has 0 spiro atoms. The summed E-state index contributed by atoms with van der Waals surface area (Å²) in [5, 5.41) is 7.72. The Morgan fingerprint density at radius 1 is 1.27 bits per heavy atom. The number of halogens is 1. The number of carbonyl (C=O) groups is 1. The Balaban J connectivity index is 1.75. The zero-order chi connectivity index (χ0) is 21.8. The summed E-state index contributed by atoms with van der Waals surface area (Å²) in [6, 6.07) is 8.60. The first-order chi connectivity index (χ1) is 14.5. The molecular weight excluding hydrogens is 400 g/mol. The number of hydrogen-bond acceptors (Lipinski definition) is 4. The first-order valence-electron chi connectivity index (χ1n) is 11.0. The molecule has 1 aliphatic rings. The second-order valence-electron chi connectivity index (χ2n) is 8.00. The van der Waals surface area contributed by atoms with Gasteiger partial charge in [0.25, 0.3) is 0 Å². The second kappa shape index (κ2) is 13.5. The molecule has 0 bridgehead atoms. The van der Waals surface area contributed by atoms with Crippen molar-refractivity contribution in [3.63, 3.8) is 0 Å². The van der Waals surface area contributed by atoms with E-state index in [4.69, 9.17) is 11.6 Å². The van der Waals surface area contributed by atoms with Crippen molar-refractivity contribution in [1.82, 2.24) is 15.5 Å². The highest BCUT2D eigenvalue weighted by atomic mass is 35.5. The van der Waals surface area contributed by atoms with Crippen molar-refractivity contribution in [2.24, 2.45) is 10.9 Å². The fourth-order valence-corrected chi connectivity index (χ4v) is 4.39. The maximum atomic E-state index is 11.1. The molecular formula is C23H37ClN4O2. The fourth-order valence-electron chi connectivity index (χ4n) is 4.20. The van der Waals surface area contributed by atoms with Crippen LogP contribution in [-0.2, 0) is 9.53 Å². The van der Waals surface area contributed by atoms with Gasteiger partial charge in [-0.15, -0.1) is 0 Å². The Hall–Kier alpha value is -1.79. The quantitative estimate of drug-likeness (QED) is 0.251. The van der Waals surface area contributed by atoms with E-state index in [-0.39, 0.29) is 5.97 Å². The van der Waals surface area contributed by atoms with Crippen molar-refractivity contribution in [2.75, 3.05) is 40.8 Å². The number of piperidine rings is 1. The molecule has 0 saturated carbocycles. The number of rotatable bonds is 10. The molecule has 0 amide bonds. The van der Waals surface area contributed by atoms with E-state index >= 15 is 0 Å². The summed E-state index contributed by atoms with van der Waals surface area (Å²) >= 11 is 6.25. The van der Waals surface area contributed by atoms with E-state index in [0.717, 1.165) is 56.3 Å². The van der Waals surface area contributed by atoms with E-state index in [1.54, 1.807) is 0 Å². The van der Waals surface area contributed by atoms with E-state index in [2.05, 4.69) is 44.4 Å². The number of ether oxygens (including phenoxy) is 1. The van der Waals surface area contributed by atoms with Crippen molar-refractivity contribution in [3.05, 3.63) is 34.9 Å². The van der Waals surface area contributed by atoms with Gasteiger partial charge in [0.2, 0.25) is 0 Å². The van der Waals surface area contributed by atoms with Crippen molar-refractivity contribution in [3.8, 4) is 0 Å². The lowest BCUT2D eigenvalue weighted by atomic mass is 9.85. The first-order valence-corrected chi connectivity index (χ1v) is 11.4. The van der Waals surface area contributed by atoms with Crippen LogP contribution in [0.2, 0.25) is 5.02 Å². The van der Waals surface area contributed by atoms with Crippen LogP contribution in [0.25, 0.3) is 0 Å².